The average Bonchev–Trinajstić information content (AvgIpc) is 2.98. The number of likely N-dealkylation sites (N-methyl/N-ethyl adjacent to an activating group) is 1. The maximum absolute atomic E-state index is 12.5. The summed E-state index contributed by atoms with van der Waals surface area (Å²) in [4.78, 5) is 14.1. The van der Waals surface area contributed by atoms with Gasteiger partial charge in [0.25, 0.3) is 0 Å². The van der Waals surface area contributed by atoms with Gasteiger partial charge in [-0.3, -0.25) is 0 Å². The van der Waals surface area contributed by atoms with Crippen molar-refractivity contribution in [2.75, 3.05) is 13.7 Å². The number of ether oxygens (including phenoxy) is 1. The van der Waals surface area contributed by atoms with Crippen LogP contribution in [0.4, 0.5) is 0 Å². The molecule has 0 fully saturated rings. The van der Waals surface area contributed by atoms with Crippen LogP contribution in [0, 0.1) is 22.7 Å². The standard InChI is InChI=1S/C22H18ClN3O2/c1-3-28-22(27)20-19(18(13-25)21(23)26(20)2)15-10-8-14(9-11-15)17-7-5-4-6-16(17)12-24/h4-11,19-20H,3H2,1-2H3. The lowest BCUT2D eigenvalue weighted by Gasteiger charge is -2.25. The van der Waals surface area contributed by atoms with E-state index in [0.717, 1.165) is 16.7 Å². The van der Waals surface area contributed by atoms with Crippen molar-refractivity contribution in [3.63, 3.8) is 0 Å². The van der Waals surface area contributed by atoms with Crippen LogP contribution in [0.5, 0.6) is 0 Å². The second kappa shape index (κ2) is 8.17. The molecule has 2 aromatic carbocycles. The Hall–Kier alpha value is -3.28. The van der Waals surface area contributed by atoms with Crippen LogP contribution in [0.25, 0.3) is 11.1 Å². The molecule has 2 unspecified atom stereocenters. The zero-order valence-corrected chi connectivity index (χ0v) is 16.3. The molecule has 0 radical (unpaired) electrons. The van der Waals surface area contributed by atoms with Crippen molar-refractivity contribution >= 4 is 17.6 Å². The normalized spacial score (nSPS) is 18.5. The third-order valence-corrected chi connectivity index (χ3v) is 5.32. The summed E-state index contributed by atoms with van der Waals surface area (Å²) in [5.41, 5.74) is 3.42. The van der Waals surface area contributed by atoms with Crippen LogP contribution in [0.1, 0.15) is 24.0 Å². The van der Waals surface area contributed by atoms with Gasteiger partial charge in [0, 0.05) is 7.05 Å². The molecule has 0 aromatic heterocycles. The summed E-state index contributed by atoms with van der Waals surface area (Å²) in [6, 6.07) is 18.5. The van der Waals surface area contributed by atoms with Gasteiger partial charge in [-0.2, -0.15) is 10.5 Å². The van der Waals surface area contributed by atoms with Gasteiger partial charge in [-0.1, -0.05) is 54.1 Å². The maximum atomic E-state index is 12.5. The molecule has 1 aliphatic rings. The van der Waals surface area contributed by atoms with Gasteiger partial charge in [0.15, 0.2) is 0 Å². The number of hydrogen-bond acceptors (Lipinski definition) is 5. The summed E-state index contributed by atoms with van der Waals surface area (Å²) in [5.74, 6) is -0.931. The van der Waals surface area contributed by atoms with Gasteiger partial charge in [-0.05, 0) is 29.7 Å². The first-order valence-corrected chi connectivity index (χ1v) is 9.20. The van der Waals surface area contributed by atoms with Crippen molar-refractivity contribution in [3.8, 4) is 23.3 Å². The summed E-state index contributed by atoms with van der Waals surface area (Å²) in [5, 5.41) is 19.2. The van der Waals surface area contributed by atoms with Gasteiger partial charge in [0.2, 0.25) is 0 Å². The Labute approximate surface area is 169 Å². The number of benzene rings is 2. The SMILES string of the molecule is CCOC(=O)C1C(c2ccc(-c3ccccc3C#N)cc2)C(C#N)=C(Cl)N1C. The van der Waals surface area contributed by atoms with Crippen LogP contribution in [0.2, 0.25) is 0 Å². The number of hydrogen-bond donors (Lipinski definition) is 0. The van der Waals surface area contributed by atoms with E-state index < -0.39 is 17.9 Å². The molecular weight excluding hydrogens is 374 g/mol. The molecule has 28 heavy (non-hydrogen) atoms. The highest BCUT2D eigenvalue weighted by molar-refractivity contribution is 6.30. The van der Waals surface area contributed by atoms with Crippen molar-refractivity contribution in [2.24, 2.45) is 0 Å². The second-order valence-electron chi connectivity index (χ2n) is 6.38. The fraction of sp³-hybridized carbons (Fsp3) is 0.227. The number of carbonyl (C=O) groups is 1. The number of halogens is 1. The summed E-state index contributed by atoms with van der Waals surface area (Å²) in [6.45, 7) is 1.99. The van der Waals surface area contributed by atoms with Gasteiger partial charge in [-0.15, -0.1) is 0 Å². The lowest BCUT2D eigenvalue weighted by atomic mass is 9.86. The molecule has 0 N–H and O–H groups in total. The van der Waals surface area contributed by atoms with E-state index in [1.165, 1.54) is 0 Å². The van der Waals surface area contributed by atoms with E-state index in [2.05, 4.69) is 12.1 Å². The van der Waals surface area contributed by atoms with Crippen molar-refractivity contribution in [1.82, 2.24) is 4.90 Å². The minimum atomic E-state index is -0.695. The van der Waals surface area contributed by atoms with Crippen LogP contribution in [-0.4, -0.2) is 30.6 Å². The van der Waals surface area contributed by atoms with Gasteiger partial charge >= 0.3 is 5.97 Å². The predicted molar refractivity (Wildman–Crippen MR) is 106 cm³/mol. The van der Waals surface area contributed by atoms with Crippen molar-refractivity contribution in [1.29, 1.82) is 10.5 Å². The Morgan fingerprint density at radius 2 is 1.82 bits per heavy atom. The molecule has 6 heteroatoms. The molecule has 3 rings (SSSR count). The Bertz CT molecular complexity index is 1020. The van der Waals surface area contributed by atoms with E-state index in [4.69, 9.17) is 16.3 Å². The molecule has 0 saturated heterocycles. The second-order valence-corrected chi connectivity index (χ2v) is 6.74. The fourth-order valence-electron chi connectivity index (χ4n) is 3.51. The van der Waals surface area contributed by atoms with Crippen molar-refractivity contribution in [3.05, 3.63) is 70.4 Å². The molecule has 0 amide bonds. The van der Waals surface area contributed by atoms with Crippen LogP contribution in [-0.2, 0) is 9.53 Å². The molecule has 140 valence electrons. The van der Waals surface area contributed by atoms with E-state index >= 15 is 0 Å². The summed E-state index contributed by atoms with van der Waals surface area (Å²) < 4.78 is 5.20. The lowest BCUT2D eigenvalue weighted by Crippen LogP contribution is -2.38. The minimum absolute atomic E-state index is 0.249. The Kier molecular flexibility index (Phi) is 5.68. The van der Waals surface area contributed by atoms with Gasteiger partial charge < -0.3 is 9.64 Å². The number of carbonyl (C=O) groups excluding carboxylic acids is 1. The van der Waals surface area contributed by atoms with E-state index in [1.54, 1.807) is 24.9 Å². The van der Waals surface area contributed by atoms with E-state index in [-0.39, 0.29) is 11.8 Å². The smallest absolute Gasteiger partial charge is 0.329 e. The first-order chi connectivity index (χ1) is 13.5. The molecular formula is C22H18ClN3O2. The minimum Gasteiger partial charge on any atom is -0.464 e. The van der Waals surface area contributed by atoms with E-state index in [1.807, 2.05) is 42.5 Å². The number of nitrogens with zero attached hydrogens (tertiary/aromatic N) is 3. The van der Waals surface area contributed by atoms with Crippen molar-refractivity contribution in [2.45, 2.75) is 18.9 Å². The van der Waals surface area contributed by atoms with Gasteiger partial charge in [0.05, 0.1) is 35.8 Å². The van der Waals surface area contributed by atoms with E-state index in [9.17, 15) is 15.3 Å². The van der Waals surface area contributed by atoms with Gasteiger partial charge in [-0.25, -0.2) is 4.79 Å². The average molecular weight is 392 g/mol. The highest BCUT2D eigenvalue weighted by Crippen LogP contribution is 2.42. The van der Waals surface area contributed by atoms with Crippen LogP contribution in [0.3, 0.4) is 0 Å². The zero-order valence-electron chi connectivity index (χ0n) is 15.5. The first kappa shape index (κ1) is 19.5. The molecule has 0 spiro atoms. The zero-order chi connectivity index (χ0) is 20.3. The monoisotopic (exact) mass is 391 g/mol. The third-order valence-electron chi connectivity index (χ3n) is 4.85. The Morgan fingerprint density at radius 3 is 2.43 bits per heavy atom. The van der Waals surface area contributed by atoms with Crippen molar-refractivity contribution < 1.29 is 9.53 Å². The first-order valence-electron chi connectivity index (χ1n) is 8.82. The molecule has 0 aliphatic carbocycles. The van der Waals surface area contributed by atoms with Gasteiger partial charge in [0.1, 0.15) is 11.2 Å². The number of nitriles is 2. The molecule has 1 heterocycles. The lowest BCUT2D eigenvalue weighted by molar-refractivity contribution is -0.148. The number of esters is 1. The molecule has 2 atom stereocenters. The molecule has 0 saturated carbocycles. The van der Waals surface area contributed by atoms with Crippen LogP contribution < -0.4 is 0 Å². The van der Waals surface area contributed by atoms with E-state index in [0.29, 0.717) is 11.1 Å². The fourth-order valence-corrected chi connectivity index (χ4v) is 3.78. The summed E-state index contributed by atoms with van der Waals surface area (Å²) in [6.07, 6.45) is 0. The Balaban J connectivity index is 2.02. The largest absolute Gasteiger partial charge is 0.464 e. The third kappa shape index (κ3) is 3.33. The Morgan fingerprint density at radius 1 is 1.14 bits per heavy atom. The maximum Gasteiger partial charge on any atom is 0.329 e. The topological polar surface area (TPSA) is 77.1 Å². The summed E-state index contributed by atoms with van der Waals surface area (Å²) in [7, 11) is 1.68. The predicted octanol–water partition coefficient (Wildman–Crippen LogP) is 4.16. The quantitative estimate of drug-likeness (QED) is 0.577. The molecule has 2 aromatic rings. The molecule has 1 aliphatic heterocycles. The summed E-state index contributed by atoms with van der Waals surface area (Å²) >= 11 is 6.32. The highest BCUT2D eigenvalue weighted by atomic mass is 35.5. The number of rotatable bonds is 4. The van der Waals surface area contributed by atoms with Crippen LogP contribution >= 0.6 is 11.6 Å². The van der Waals surface area contributed by atoms with Crippen LogP contribution in [0.15, 0.2) is 59.3 Å². The molecule has 5 nitrogen and oxygen atoms in total. The molecule has 0 bridgehead atoms. The highest BCUT2D eigenvalue weighted by Gasteiger charge is 2.44.